The van der Waals surface area contributed by atoms with E-state index in [1.165, 1.54) is 6.08 Å². The Hall–Kier alpha value is -3.81. The number of halogens is 2. The maximum Gasteiger partial charge on any atom is 0.253 e. The van der Waals surface area contributed by atoms with Crippen LogP contribution >= 0.6 is 27.5 Å². The van der Waals surface area contributed by atoms with Crippen LogP contribution in [-0.4, -0.2) is 42.9 Å². The number of carbonyl (C=O) groups is 2. The van der Waals surface area contributed by atoms with Crippen molar-refractivity contribution in [1.82, 2.24) is 4.90 Å². The van der Waals surface area contributed by atoms with Crippen LogP contribution in [0.4, 0.5) is 11.4 Å². The third-order valence-corrected chi connectivity index (χ3v) is 7.41. The number of anilines is 2. The van der Waals surface area contributed by atoms with E-state index in [-0.39, 0.29) is 11.8 Å². The van der Waals surface area contributed by atoms with Crippen molar-refractivity contribution in [2.75, 3.05) is 36.4 Å². The van der Waals surface area contributed by atoms with Gasteiger partial charge >= 0.3 is 0 Å². The van der Waals surface area contributed by atoms with Gasteiger partial charge in [0.25, 0.3) is 5.91 Å². The van der Waals surface area contributed by atoms with Crippen LogP contribution in [0.1, 0.15) is 21.7 Å². The first kappa shape index (κ1) is 26.8. The van der Waals surface area contributed by atoms with Gasteiger partial charge in [0.1, 0.15) is 11.5 Å². The second kappa shape index (κ2) is 11.9. The summed E-state index contributed by atoms with van der Waals surface area (Å²) in [7, 11) is 0. The van der Waals surface area contributed by atoms with Crippen molar-refractivity contribution in [3.63, 3.8) is 0 Å². The molecule has 0 spiro atoms. The highest BCUT2D eigenvalue weighted by molar-refractivity contribution is 9.10. The molecule has 2 heterocycles. The molecule has 0 atom stereocenters. The first-order valence-corrected chi connectivity index (χ1v) is 13.8. The molecule has 1 aromatic heterocycles. The number of piperazine rings is 1. The van der Waals surface area contributed by atoms with Crippen molar-refractivity contribution in [1.29, 1.82) is 0 Å². The molecule has 0 saturated carbocycles. The number of hydrogen-bond donors (Lipinski definition) is 1. The van der Waals surface area contributed by atoms with Gasteiger partial charge in [-0.15, -0.1) is 0 Å². The average Bonchev–Trinajstić information content (AvgIpc) is 3.42. The molecule has 5 rings (SSSR count). The predicted octanol–water partition coefficient (Wildman–Crippen LogP) is 7.29. The molecule has 3 aromatic carbocycles. The molecule has 0 bridgehead atoms. The van der Waals surface area contributed by atoms with E-state index in [0.29, 0.717) is 48.2 Å². The Morgan fingerprint density at radius 1 is 0.923 bits per heavy atom. The third-order valence-electron chi connectivity index (χ3n) is 6.58. The largest absolute Gasteiger partial charge is 0.457 e. The number of aryl methyl sites for hydroxylation is 1. The lowest BCUT2D eigenvalue weighted by atomic mass is 10.1. The summed E-state index contributed by atoms with van der Waals surface area (Å²) >= 11 is 10.0. The molecule has 39 heavy (non-hydrogen) atoms. The molecule has 0 aliphatic carbocycles. The summed E-state index contributed by atoms with van der Waals surface area (Å²) < 4.78 is 6.86. The molecule has 1 N–H and O–H groups in total. The highest BCUT2D eigenvalue weighted by Gasteiger charge is 2.25. The van der Waals surface area contributed by atoms with Crippen LogP contribution in [0.25, 0.3) is 17.4 Å². The van der Waals surface area contributed by atoms with Crippen molar-refractivity contribution in [3.8, 4) is 11.3 Å². The Morgan fingerprint density at radius 3 is 2.36 bits per heavy atom. The number of amides is 2. The first-order valence-electron chi connectivity index (χ1n) is 12.6. The lowest BCUT2D eigenvalue weighted by molar-refractivity contribution is -0.111. The van der Waals surface area contributed by atoms with Gasteiger partial charge in [0, 0.05) is 47.9 Å². The maximum absolute atomic E-state index is 12.9. The van der Waals surface area contributed by atoms with Crippen molar-refractivity contribution >= 4 is 56.8 Å². The fourth-order valence-corrected chi connectivity index (χ4v) is 5.05. The summed E-state index contributed by atoms with van der Waals surface area (Å²) in [6.07, 6.45) is 3.07. The summed E-state index contributed by atoms with van der Waals surface area (Å²) in [6.45, 7) is 4.33. The van der Waals surface area contributed by atoms with E-state index in [4.69, 9.17) is 16.0 Å². The Labute approximate surface area is 241 Å². The van der Waals surface area contributed by atoms with E-state index in [9.17, 15) is 9.59 Å². The van der Waals surface area contributed by atoms with Crippen LogP contribution in [0.5, 0.6) is 0 Å². The summed E-state index contributed by atoms with van der Waals surface area (Å²) in [6, 6.07) is 24.6. The quantitative estimate of drug-likeness (QED) is 0.235. The zero-order chi connectivity index (χ0) is 27.4. The Bertz CT molecular complexity index is 1510. The summed E-state index contributed by atoms with van der Waals surface area (Å²) in [5.74, 6) is 1.02. The van der Waals surface area contributed by atoms with Gasteiger partial charge in [0.2, 0.25) is 5.91 Å². The molecule has 8 heteroatoms. The molecule has 1 aliphatic rings. The minimum atomic E-state index is -0.298. The molecule has 4 aromatic rings. The standard InChI is InChI=1S/C31H27BrClN3O3/c1-21-5-7-23(8-6-21)31(38)36-19-17-35(18-20-36)30-26(33)3-2-4-27(30)34-29(37)16-14-25-13-15-28(39-25)22-9-11-24(32)12-10-22/h2-16H,17-20H2,1H3,(H,34,37)/b16-14+. The fraction of sp³-hybridized carbons (Fsp3) is 0.161. The van der Waals surface area contributed by atoms with Gasteiger partial charge in [-0.05, 0) is 61.5 Å². The van der Waals surface area contributed by atoms with E-state index >= 15 is 0 Å². The minimum absolute atomic E-state index is 0.0219. The normalized spacial score (nSPS) is 13.6. The number of nitrogens with zero attached hydrogens (tertiary/aromatic N) is 2. The second-order valence-corrected chi connectivity index (χ2v) is 10.6. The molecule has 198 valence electrons. The lowest BCUT2D eigenvalue weighted by Crippen LogP contribution is -2.49. The first-order chi connectivity index (χ1) is 18.9. The highest BCUT2D eigenvalue weighted by Crippen LogP contribution is 2.35. The molecule has 2 amide bonds. The van der Waals surface area contributed by atoms with Gasteiger partial charge in [-0.3, -0.25) is 9.59 Å². The SMILES string of the molecule is Cc1ccc(C(=O)N2CCN(c3c(Cl)cccc3NC(=O)/C=C/c3ccc(-c4ccc(Br)cc4)o3)CC2)cc1. The monoisotopic (exact) mass is 603 g/mol. The number of furan rings is 1. The number of hydrogen-bond acceptors (Lipinski definition) is 4. The van der Waals surface area contributed by atoms with E-state index in [0.717, 1.165) is 27.0 Å². The number of benzene rings is 3. The number of nitrogens with one attached hydrogen (secondary N) is 1. The Kier molecular flexibility index (Phi) is 8.19. The van der Waals surface area contributed by atoms with Crippen molar-refractivity contribution < 1.29 is 14.0 Å². The van der Waals surface area contributed by atoms with Crippen LogP contribution in [-0.2, 0) is 4.79 Å². The van der Waals surface area contributed by atoms with Gasteiger partial charge in [-0.2, -0.15) is 0 Å². The summed E-state index contributed by atoms with van der Waals surface area (Å²) in [5, 5.41) is 3.49. The Balaban J connectivity index is 1.23. The molecule has 1 saturated heterocycles. The van der Waals surface area contributed by atoms with Crippen molar-refractivity contribution in [2.24, 2.45) is 0 Å². The van der Waals surface area contributed by atoms with Gasteiger partial charge in [0.05, 0.1) is 16.4 Å². The fourth-order valence-electron chi connectivity index (χ4n) is 4.49. The van der Waals surface area contributed by atoms with Crippen LogP contribution < -0.4 is 10.2 Å². The van der Waals surface area contributed by atoms with E-state index in [1.807, 2.05) is 78.6 Å². The third kappa shape index (κ3) is 6.44. The van der Waals surface area contributed by atoms with Crippen LogP contribution in [0.3, 0.4) is 0 Å². The molecular weight excluding hydrogens is 578 g/mol. The number of para-hydroxylation sites is 1. The van der Waals surface area contributed by atoms with Gasteiger partial charge in [-0.25, -0.2) is 0 Å². The van der Waals surface area contributed by atoms with Crippen LogP contribution in [0.2, 0.25) is 5.02 Å². The van der Waals surface area contributed by atoms with Gasteiger partial charge in [0.15, 0.2) is 0 Å². The summed E-state index contributed by atoms with van der Waals surface area (Å²) in [4.78, 5) is 29.7. The zero-order valence-corrected chi connectivity index (χ0v) is 23.7. The second-order valence-electron chi connectivity index (χ2n) is 9.31. The van der Waals surface area contributed by atoms with E-state index < -0.39 is 0 Å². The van der Waals surface area contributed by atoms with Crippen LogP contribution in [0, 0.1) is 6.92 Å². The maximum atomic E-state index is 12.9. The average molecular weight is 605 g/mol. The lowest BCUT2D eigenvalue weighted by Gasteiger charge is -2.37. The zero-order valence-electron chi connectivity index (χ0n) is 21.4. The van der Waals surface area contributed by atoms with Crippen molar-refractivity contribution in [2.45, 2.75) is 6.92 Å². The summed E-state index contributed by atoms with van der Waals surface area (Å²) in [5.41, 5.74) is 4.12. The van der Waals surface area contributed by atoms with E-state index in [2.05, 4.69) is 26.1 Å². The molecular formula is C31H27BrClN3O3. The highest BCUT2D eigenvalue weighted by atomic mass is 79.9. The Morgan fingerprint density at radius 2 is 1.64 bits per heavy atom. The van der Waals surface area contributed by atoms with Gasteiger partial charge in [-0.1, -0.05) is 63.4 Å². The molecule has 1 fully saturated rings. The van der Waals surface area contributed by atoms with Gasteiger partial charge < -0.3 is 19.5 Å². The topological polar surface area (TPSA) is 65.8 Å². The molecule has 0 radical (unpaired) electrons. The predicted molar refractivity (Wildman–Crippen MR) is 160 cm³/mol. The number of rotatable bonds is 6. The molecule has 1 aliphatic heterocycles. The molecule has 0 unspecified atom stereocenters. The number of carbonyl (C=O) groups excluding carboxylic acids is 2. The van der Waals surface area contributed by atoms with E-state index in [1.54, 1.807) is 18.2 Å². The smallest absolute Gasteiger partial charge is 0.253 e. The van der Waals surface area contributed by atoms with Crippen molar-refractivity contribution in [3.05, 3.63) is 111 Å². The minimum Gasteiger partial charge on any atom is -0.457 e. The van der Waals surface area contributed by atoms with Crippen LogP contribution in [0.15, 0.2) is 93.8 Å². The molecule has 6 nitrogen and oxygen atoms in total.